The van der Waals surface area contributed by atoms with Gasteiger partial charge in [0.25, 0.3) is 0 Å². The minimum atomic E-state index is -4.98. The van der Waals surface area contributed by atoms with Crippen LogP contribution in [0.15, 0.2) is 97.2 Å². The molecule has 0 aromatic carbocycles. The number of hydrogen-bond donors (Lipinski definition) is 3. The molecule has 0 aromatic heterocycles. The van der Waals surface area contributed by atoms with Gasteiger partial charge in [0.05, 0.1) is 26.4 Å². The summed E-state index contributed by atoms with van der Waals surface area (Å²) in [6, 6.07) is 0. The van der Waals surface area contributed by atoms with E-state index in [1.807, 2.05) is 12.2 Å². The summed E-state index contributed by atoms with van der Waals surface area (Å²) in [4.78, 5) is 72.8. The van der Waals surface area contributed by atoms with Gasteiger partial charge >= 0.3 is 39.5 Å². The molecule has 0 aliphatic carbocycles. The smallest absolute Gasteiger partial charge is 0.462 e. The minimum Gasteiger partial charge on any atom is -0.462 e. The van der Waals surface area contributed by atoms with E-state index in [0.717, 1.165) is 148 Å². The summed E-state index contributed by atoms with van der Waals surface area (Å²) < 4.78 is 68.4. The third-order valence-electron chi connectivity index (χ3n) is 16.1. The van der Waals surface area contributed by atoms with E-state index in [4.69, 9.17) is 37.0 Å². The molecule has 17 nitrogen and oxygen atoms in total. The molecule has 0 aliphatic rings. The molecule has 98 heavy (non-hydrogen) atoms. The van der Waals surface area contributed by atoms with Gasteiger partial charge in [-0.2, -0.15) is 0 Å². The summed E-state index contributed by atoms with van der Waals surface area (Å²) in [5, 5.41) is 10.6. The molecule has 5 unspecified atom stereocenters. The van der Waals surface area contributed by atoms with Crippen molar-refractivity contribution in [2.45, 2.75) is 341 Å². The maximum atomic E-state index is 13.1. The molecule has 0 aromatic rings. The standard InChI is InChI=1S/C79H138O17P2/c1-5-9-13-17-21-25-29-32-34-36-38-41-44-47-51-55-59-63-76(81)89-69-74(95-78(83)65-61-57-53-49-43-28-24-20-16-12-8-4)71-93-97(85,86)91-67-73(80)68-92-98(87,88)94-72-75(96-79(84)66-62-58-54-50-46-40-31-27-23-19-15-11-7-3)70-90-77(82)64-60-56-52-48-45-42-39-37-35-33-30-26-22-18-14-10-6-2/h9-10,13-14,21-22,25-26,32-35,39,42,48,52,73-75,80H,5-8,11-12,15-20,23-24,27-31,36-38,40-41,43-47,49-51,53-72H2,1-4H3,(H,85,86)(H,87,88)/b13-9-,14-10-,25-21-,26-22-,34-32-,35-33-,42-39-,52-48-. The van der Waals surface area contributed by atoms with Gasteiger partial charge in [0.2, 0.25) is 0 Å². The number of phosphoric acid groups is 2. The van der Waals surface area contributed by atoms with Crippen molar-refractivity contribution >= 4 is 39.5 Å². The number of unbranched alkanes of at least 4 members (excludes halogenated alkanes) is 30. The van der Waals surface area contributed by atoms with Crippen LogP contribution in [0.3, 0.4) is 0 Å². The number of aliphatic hydroxyl groups is 1. The lowest BCUT2D eigenvalue weighted by Gasteiger charge is -2.21. The molecule has 0 bridgehead atoms. The first-order valence-electron chi connectivity index (χ1n) is 38.5. The van der Waals surface area contributed by atoms with E-state index in [-0.39, 0.29) is 25.7 Å². The molecule has 0 saturated carbocycles. The van der Waals surface area contributed by atoms with E-state index in [2.05, 4.69) is 113 Å². The fraction of sp³-hybridized carbons (Fsp3) is 0.747. The van der Waals surface area contributed by atoms with Crippen molar-refractivity contribution in [3.8, 4) is 0 Å². The summed E-state index contributed by atoms with van der Waals surface area (Å²) in [6.07, 6.45) is 74.0. The van der Waals surface area contributed by atoms with Gasteiger partial charge in [-0.3, -0.25) is 37.3 Å². The van der Waals surface area contributed by atoms with Crippen molar-refractivity contribution in [2.24, 2.45) is 0 Å². The Morgan fingerprint density at radius 2 is 0.541 bits per heavy atom. The van der Waals surface area contributed by atoms with Crippen LogP contribution < -0.4 is 0 Å². The molecule has 0 amide bonds. The molecule has 566 valence electrons. The Kier molecular flexibility index (Phi) is 68.4. The number of aliphatic hydroxyl groups excluding tert-OH is 1. The van der Waals surface area contributed by atoms with Crippen molar-refractivity contribution in [2.75, 3.05) is 39.6 Å². The number of hydrogen-bond acceptors (Lipinski definition) is 15. The largest absolute Gasteiger partial charge is 0.472 e. The SMILES string of the molecule is CC/C=C\C/C=C\C/C=C\C/C=C\C/C=C\CCCC(=O)OCC(COP(=O)(O)OCC(O)COP(=O)(O)OCC(COC(=O)CCCCCCCCC/C=C\C/C=C\C/C=C\CC)OC(=O)CCCCCCCCCCCCC)OC(=O)CCCCCCCCCCCCCCC. The Labute approximate surface area is 595 Å². The van der Waals surface area contributed by atoms with Crippen LogP contribution >= 0.6 is 15.6 Å². The fourth-order valence-corrected chi connectivity index (χ4v) is 11.9. The quantitative estimate of drug-likeness (QED) is 0.0169. The van der Waals surface area contributed by atoms with Gasteiger partial charge in [0.15, 0.2) is 12.2 Å². The lowest BCUT2D eigenvalue weighted by molar-refractivity contribution is -0.161. The zero-order valence-electron chi connectivity index (χ0n) is 61.7. The van der Waals surface area contributed by atoms with E-state index in [1.165, 1.54) is 89.9 Å². The van der Waals surface area contributed by atoms with Crippen LogP contribution in [0.1, 0.15) is 323 Å². The summed E-state index contributed by atoms with van der Waals surface area (Å²) in [6.45, 7) is 4.60. The highest BCUT2D eigenvalue weighted by molar-refractivity contribution is 7.47. The van der Waals surface area contributed by atoms with Crippen molar-refractivity contribution in [1.29, 1.82) is 0 Å². The second-order valence-corrected chi connectivity index (χ2v) is 28.5. The molecule has 3 N–H and O–H groups in total. The summed E-state index contributed by atoms with van der Waals surface area (Å²) in [7, 11) is -9.95. The molecule has 0 saturated heterocycles. The number of phosphoric ester groups is 2. The zero-order chi connectivity index (χ0) is 71.8. The Bertz CT molecular complexity index is 2240. The first kappa shape index (κ1) is 94.0. The second kappa shape index (κ2) is 71.4. The number of carbonyl (C=O) groups is 4. The van der Waals surface area contributed by atoms with Crippen LogP contribution in [0.2, 0.25) is 0 Å². The van der Waals surface area contributed by atoms with Crippen LogP contribution in [0.25, 0.3) is 0 Å². The van der Waals surface area contributed by atoms with Gasteiger partial charge < -0.3 is 33.8 Å². The predicted molar refractivity (Wildman–Crippen MR) is 399 cm³/mol. The molecule has 0 radical (unpaired) electrons. The third kappa shape index (κ3) is 70.4. The average molecular weight is 1420 g/mol. The van der Waals surface area contributed by atoms with Crippen LogP contribution in [0.4, 0.5) is 0 Å². The molecule has 19 heteroatoms. The minimum absolute atomic E-state index is 0.0854. The lowest BCUT2D eigenvalue weighted by atomic mass is 10.0. The van der Waals surface area contributed by atoms with E-state index in [9.17, 15) is 43.2 Å². The molecular formula is C79H138O17P2. The topological polar surface area (TPSA) is 237 Å². The van der Waals surface area contributed by atoms with Gasteiger partial charge in [-0.15, -0.1) is 0 Å². The summed E-state index contributed by atoms with van der Waals surface area (Å²) in [5.74, 6) is -2.23. The van der Waals surface area contributed by atoms with Gasteiger partial charge in [0, 0.05) is 25.7 Å². The molecule has 0 heterocycles. The highest BCUT2D eigenvalue weighted by Crippen LogP contribution is 2.45. The first-order valence-corrected chi connectivity index (χ1v) is 41.5. The van der Waals surface area contributed by atoms with E-state index in [0.29, 0.717) is 32.1 Å². The summed E-state index contributed by atoms with van der Waals surface area (Å²) in [5.41, 5.74) is 0. The van der Waals surface area contributed by atoms with E-state index >= 15 is 0 Å². The summed E-state index contributed by atoms with van der Waals surface area (Å²) >= 11 is 0. The highest BCUT2D eigenvalue weighted by atomic mass is 31.2. The molecule has 0 rings (SSSR count). The Balaban J connectivity index is 5.34. The third-order valence-corrected chi connectivity index (χ3v) is 18.0. The first-order chi connectivity index (χ1) is 47.7. The van der Waals surface area contributed by atoms with Crippen molar-refractivity contribution in [1.82, 2.24) is 0 Å². The van der Waals surface area contributed by atoms with Crippen LogP contribution in [0.5, 0.6) is 0 Å². The molecule has 0 fully saturated rings. The van der Waals surface area contributed by atoms with Gasteiger partial charge in [0.1, 0.15) is 19.3 Å². The highest BCUT2D eigenvalue weighted by Gasteiger charge is 2.30. The van der Waals surface area contributed by atoms with Crippen molar-refractivity contribution in [3.63, 3.8) is 0 Å². The van der Waals surface area contributed by atoms with Crippen molar-refractivity contribution in [3.05, 3.63) is 97.2 Å². The van der Waals surface area contributed by atoms with E-state index in [1.54, 1.807) is 0 Å². The van der Waals surface area contributed by atoms with Gasteiger partial charge in [-0.1, -0.05) is 298 Å². The van der Waals surface area contributed by atoms with Crippen LogP contribution in [-0.4, -0.2) is 96.7 Å². The number of esters is 4. The Morgan fingerprint density at radius 3 is 0.857 bits per heavy atom. The van der Waals surface area contributed by atoms with Crippen LogP contribution in [0, 0.1) is 0 Å². The molecule has 0 spiro atoms. The average Bonchev–Trinajstić information content (AvgIpc) is 0.973. The normalized spacial score (nSPS) is 14.5. The van der Waals surface area contributed by atoms with E-state index < -0.39 is 97.5 Å². The fourth-order valence-electron chi connectivity index (χ4n) is 10.3. The number of carbonyl (C=O) groups excluding carboxylic acids is 4. The molecule has 5 atom stereocenters. The molecular weight excluding hydrogens is 1280 g/mol. The number of allylic oxidation sites excluding steroid dienone is 16. The van der Waals surface area contributed by atoms with Crippen LogP contribution in [-0.2, 0) is 65.4 Å². The molecule has 0 aliphatic heterocycles. The maximum absolute atomic E-state index is 13.1. The van der Waals surface area contributed by atoms with Gasteiger partial charge in [-0.05, 0) is 96.3 Å². The number of rotatable bonds is 72. The zero-order valence-corrected chi connectivity index (χ0v) is 63.5. The monoisotopic (exact) mass is 1420 g/mol. The second-order valence-electron chi connectivity index (χ2n) is 25.5. The van der Waals surface area contributed by atoms with Gasteiger partial charge in [-0.25, -0.2) is 9.13 Å². The lowest BCUT2D eigenvalue weighted by Crippen LogP contribution is -2.30. The Morgan fingerprint density at radius 1 is 0.296 bits per heavy atom. The maximum Gasteiger partial charge on any atom is 0.472 e. The Hall–Kier alpha value is -4.02. The van der Waals surface area contributed by atoms with Crippen molar-refractivity contribution < 1.29 is 80.2 Å². The number of ether oxygens (including phenoxy) is 4. The predicted octanol–water partition coefficient (Wildman–Crippen LogP) is 22.0.